The van der Waals surface area contributed by atoms with Gasteiger partial charge in [0.25, 0.3) is 5.91 Å². The number of benzene rings is 2. The van der Waals surface area contributed by atoms with Crippen LogP contribution in [0.15, 0.2) is 48.5 Å². The quantitative estimate of drug-likeness (QED) is 0.797. The predicted octanol–water partition coefficient (Wildman–Crippen LogP) is 2.92. The fourth-order valence-electron chi connectivity index (χ4n) is 2.14. The molecule has 6 heteroatoms. The number of esters is 1. The molecule has 0 saturated heterocycles. The Morgan fingerprint density at radius 3 is 2.29 bits per heavy atom. The summed E-state index contributed by atoms with van der Waals surface area (Å²) in [5, 5.41) is 5.61. The van der Waals surface area contributed by atoms with Crippen molar-refractivity contribution in [3.63, 3.8) is 0 Å². The van der Waals surface area contributed by atoms with Gasteiger partial charge < -0.3 is 20.1 Å². The van der Waals surface area contributed by atoms with Gasteiger partial charge in [0.1, 0.15) is 5.75 Å². The molecule has 0 aromatic heterocycles. The van der Waals surface area contributed by atoms with E-state index in [1.54, 1.807) is 55.6 Å². The largest absolute Gasteiger partial charge is 0.495 e. The van der Waals surface area contributed by atoms with Crippen molar-refractivity contribution < 1.29 is 19.1 Å². The van der Waals surface area contributed by atoms with Gasteiger partial charge in [-0.15, -0.1) is 0 Å². The molecular weight excluding hydrogens is 308 g/mol. The van der Waals surface area contributed by atoms with Crippen molar-refractivity contribution in [2.24, 2.45) is 0 Å². The van der Waals surface area contributed by atoms with Gasteiger partial charge in [0.2, 0.25) is 0 Å². The summed E-state index contributed by atoms with van der Waals surface area (Å²) >= 11 is 0. The zero-order valence-corrected chi connectivity index (χ0v) is 13.8. The van der Waals surface area contributed by atoms with Gasteiger partial charge in [-0.25, -0.2) is 4.79 Å². The van der Waals surface area contributed by atoms with Crippen LogP contribution in [0.2, 0.25) is 0 Å². The highest BCUT2D eigenvalue weighted by Gasteiger charge is 2.21. The fraction of sp³-hybridized carbons (Fsp3) is 0.222. The molecule has 0 aliphatic heterocycles. The molecule has 0 aliphatic rings. The summed E-state index contributed by atoms with van der Waals surface area (Å²) in [5.41, 5.74) is 1.53. The van der Waals surface area contributed by atoms with Crippen molar-refractivity contribution in [1.82, 2.24) is 0 Å². The van der Waals surface area contributed by atoms with E-state index in [1.807, 2.05) is 0 Å². The Labute approximate surface area is 140 Å². The lowest BCUT2D eigenvalue weighted by Crippen LogP contribution is -2.30. The minimum absolute atomic E-state index is 0.372. The van der Waals surface area contributed by atoms with E-state index in [2.05, 4.69) is 10.6 Å². The van der Waals surface area contributed by atoms with E-state index in [0.29, 0.717) is 22.7 Å². The van der Waals surface area contributed by atoms with Crippen LogP contribution < -0.4 is 15.4 Å². The second-order valence-electron chi connectivity index (χ2n) is 5.03. The monoisotopic (exact) mass is 328 g/mol. The Balaban J connectivity index is 2.05. The normalized spacial score (nSPS) is 11.3. The number of hydrogen-bond donors (Lipinski definition) is 2. The van der Waals surface area contributed by atoms with Gasteiger partial charge >= 0.3 is 5.97 Å². The van der Waals surface area contributed by atoms with Crippen molar-refractivity contribution >= 4 is 23.3 Å². The summed E-state index contributed by atoms with van der Waals surface area (Å²) in [6, 6.07) is 14.0. The van der Waals surface area contributed by atoms with E-state index in [1.165, 1.54) is 14.0 Å². The van der Waals surface area contributed by atoms with E-state index in [9.17, 15) is 9.59 Å². The molecule has 0 radical (unpaired) electrons. The zero-order valence-electron chi connectivity index (χ0n) is 13.8. The van der Waals surface area contributed by atoms with Crippen LogP contribution in [-0.2, 0) is 9.53 Å². The second-order valence-corrected chi connectivity index (χ2v) is 5.03. The van der Waals surface area contributed by atoms with Gasteiger partial charge in [-0.2, -0.15) is 0 Å². The van der Waals surface area contributed by atoms with Crippen LogP contribution in [0.3, 0.4) is 0 Å². The van der Waals surface area contributed by atoms with Gasteiger partial charge in [0, 0.05) is 12.7 Å². The van der Waals surface area contributed by atoms with Crippen LogP contribution in [0.5, 0.6) is 5.75 Å². The van der Waals surface area contributed by atoms with Gasteiger partial charge in [0.15, 0.2) is 6.10 Å². The van der Waals surface area contributed by atoms with Gasteiger partial charge in [-0.1, -0.05) is 24.3 Å². The Morgan fingerprint density at radius 1 is 1.00 bits per heavy atom. The molecule has 0 heterocycles. The molecule has 6 nitrogen and oxygen atoms in total. The third-order valence-electron chi connectivity index (χ3n) is 3.43. The third-order valence-corrected chi connectivity index (χ3v) is 3.43. The molecule has 1 amide bonds. The molecule has 1 atom stereocenters. The standard InChI is InChI=1S/C18H20N2O4/c1-12(17(21)20-15-10-6-7-11-16(15)23-3)24-18(22)13-8-4-5-9-14(13)19-2/h4-12,19H,1-3H3,(H,20,21)/t12-/m1/s1. The summed E-state index contributed by atoms with van der Waals surface area (Å²) in [6.07, 6.45) is -0.952. The lowest BCUT2D eigenvalue weighted by molar-refractivity contribution is -0.123. The smallest absolute Gasteiger partial charge is 0.341 e. The van der Waals surface area contributed by atoms with Crippen LogP contribution in [0, 0.1) is 0 Å². The first kappa shape index (κ1) is 17.3. The number of carbonyl (C=O) groups is 2. The van der Waals surface area contributed by atoms with Crippen LogP contribution in [0.25, 0.3) is 0 Å². The molecule has 2 N–H and O–H groups in total. The highest BCUT2D eigenvalue weighted by molar-refractivity contribution is 6.00. The predicted molar refractivity (Wildman–Crippen MR) is 92.5 cm³/mol. The third kappa shape index (κ3) is 4.04. The Morgan fingerprint density at radius 2 is 1.62 bits per heavy atom. The van der Waals surface area contributed by atoms with Crippen LogP contribution in [-0.4, -0.2) is 32.1 Å². The molecule has 2 aromatic carbocycles. The molecule has 2 aromatic rings. The maximum absolute atomic E-state index is 12.2. The Hall–Kier alpha value is -3.02. The molecule has 0 fully saturated rings. The minimum atomic E-state index is -0.952. The van der Waals surface area contributed by atoms with E-state index < -0.39 is 18.0 Å². The number of carbonyl (C=O) groups excluding carboxylic acids is 2. The number of nitrogens with one attached hydrogen (secondary N) is 2. The van der Waals surface area contributed by atoms with Crippen LogP contribution in [0.4, 0.5) is 11.4 Å². The maximum Gasteiger partial charge on any atom is 0.341 e. The van der Waals surface area contributed by atoms with Crippen molar-refractivity contribution in [1.29, 1.82) is 0 Å². The molecule has 0 bridgehead atoms. The van der Waals surface area contributed by atoms with E-state index in [0.717, 1.165) is 0 Å². The van der Waals surface area contributed by atoms with Gasteiger partial charge in [-0.3, -0.25) is 4.79 Å². The number of amides is 1. The second kappa shape index (κ2) is 8.01. The lowest BCUT2D eigenvalue weighted by Gasteiger charge is -2.16. The first-order valence-electron chi connectivity index (χ1n) is 7.48. The van der Waals surface area contributed by atoms with Gasteiger partial charge in [-0.05, 0) is 31.2 Å². The van der Waals surface area contributed by atoms with E-state index in [4.69, 9.17) is 9.47 Å². The number of methoxy groups -OCH3 is 1. The van der Waals surface area contributed by atoms with Crippen molar-refractivity contribution in [3.05, 3.63) is 54.1 Å². The number of anilines is 2. The molecule has 0 unspecified atom stereocenters. The lowest BCUT2D eigenvalue weighted by atomic mass is 10.2. The average molecular weight is 328 g/mol. The summed E-state index contributed by atoms with van der Waals surface area (Å²) in [4.78, 5) is 24.5. The topological polar surface area (TPSA) is 76.7 Å². The molecule has 126 valence electrons. The molecule has 0 aliphatic carbocycles. The summed E-state index contributed by atoms with van der Waals surface area (Å²) in [5.74, 6) is -0.470. The molecular formula is C18H20N2O4. The first-order chi connectivity index (χ1) is 11.6. The SMILES string of the molecule is CNc1ccccc1C(=O)O[C@H](C)C(=O)Nc1ccccc1OC. The Kier molecular flexibility index (Phi) is 5.78. The first-order valence-corrected chi connectivity index (χ1v) is 7.48. The zero-order chi connectivity index (χ0) is 17.5. The summed E-state index contributed by atoms with van der Waals surface area (Å²) < 4.78 is 10.4. The molecule has 2 rings (SSSR count). The summed E-state index contributed by atoms with van der Waals surface area (Å²) in [6.45, 7) is 1.52. The van der Waals surface area contributed by atoms with Crippen LogP contribution in [0.1, 0.15) is 17.3 Å². The molecule has 24 heavy (non-hydrogen) atoms. The number of hydrogen-bond acceptors (Lipinski definition) is 5. The van der Waals surface area contributed by atoms with Crippen molar-refractivity contribution in [2.75, 3.05) is 24.8 Å². The maximum atomic E-state index is 12.2. The molecule has 0 spiro atoms. The minimum Gasteiger partial charge on any atom is -0.495 e. The van der Waals surface area contributed by atoms with E-state index in [-0.39, 0.29) is 0 Å². The molecule has 0 saturated carbocycles. The summed E-state index contributed by atoms with van der Waals surface area (Å²) in [7, 11) is 3.23. The van der Waals surface area contributed by atoms with Gasteiger partial charge in [0.05, 0.1) is 18.4 Å². The highest BCUT2D eigenvalue weighted by atomic mass is 16.5. The number of ether oxygens (including phenoxy) is 2. The Bertz CT molecular complexity index is 730. The number of para-hydroxylation sites is 3. The highest BCUT2D eigenvalue weighted by Crippen LogP contribution is 2.23. The van der Waals surface area contributed by atoms with Crippen LogP contribution >= 0.6 is 0 Å². The number of rotatable bonds is 6. The average Bonchev–Trinajstić information content (AvgIpc) is 2.61. The van der Waals surface area contributed by atoms with Crippen molar-refractivity contribution in [2.45, 2.75) is 13.0 Å². The fourth-order valence-corrected chi connectivity index (χ4v) is 2.14. The van der Waals surface area contributed by atoms with Crippen molar-refractivity contribution in [3.8, 4) is 5.75 Å². The van der Waals surface area contributed by atoms with E-state index >= 15 is 0 Å².